The first-order chi connectivity index (χ1) is 19.0. The van der Waals surface area contributed by atoms with Crippen molar-refractivity contribution in [3.8, 4) is 0 Å². The Labute approximate surface area is 244 Å². The lowest BCUT2D eigenvalue weighted by Gasteiger charge is -2.26. The van der Waals surface area contributed by atoms with E-state index in [1.807, 2.05) is 13.0 Å². The van der Waals surface area contributed by atoms with E-state index < -0.39 is 65.7 Å². The summed E-state index contributed by atoms with van der Waals surface area (Å²) in [5.74, 6) is -7.21. The van der Waals surface area contributed by atoms with E-state index in [-0.39, 0.29) is 49.7 Å². The lowest BCUT2D eigenvalue weighted by molar-refractivity contribution is -0.146. The predicted molar refractivity (Wildman–Crippen MR) is 153 cm³/mol. The molecule has 4 N–H and O–H groups in total. The highest BCUT2D eigenvalue weighted by Gasteiger charge is 2.33. The zero-order valence-electron chi connectivity index (χ0n) is 24.5. The van der Waals surface area contributed by atoms with Crippen LogP contribution in [0.5, 0.6) is 0 Å². The van der Waals surface area contributed by atoms with Crippen LogP contribution in [0.25, 0.3) is 0 Å². The summed E-state index contributed by atoms with van der Waals surface area (Å²) < 4.78 is 0. The molecule has 0 aliphatic heterocycles. The van der Waals surface area contributed by atoms with Gasteiger partial charge < -0.3 is 20.8 Å². The van der Waals surface area contributed by atoms with E-state index >= 15 is 0 Å². The normalized spacial score (nSPS) is 14.1. The highest BCUT2D eigenvalue weighted by atomic mass is 32.1. The molecule has 0 spiro atoms. The molecular weight excluding hydrogens is 552 g/mol. The van der Waals surface area contributed by atoms with Crippen LogP contribution in [0.2, 0.25) is 0 Å². The number of hydrogen-bond acceptors (Lipinski definition) is 8. The maximum atomic E-state index is 13.2. The van der Waals surface area contributed by atoms with Gasteiger partial charge in [0.15, 0.2) is 17.3 Å². The van der Waals surface area contributed by atoms with Crippen LogP contribution in [-0.4, -0.2) is 63.4 Å². The molecule has 0 fully saturated rings. The first-order valence-electron chi connectivity index (χ1n) is 13.7. The lowest BCUT2D eigenvalue weighted by atomic mass is 9.86. The number of hydrogen-bond donors (Lipinski definition) is 4. The number of thiophene rings is 1. The molecule has 0 bridgehead atoms. The summed E-state index contributed by atoms with van der Waals surface area (Å²) >= 11 is 1.34. The smallest absolute Gasteiger partial charge is 0.307 e. The Balaban J connectivity index is 2.83. The summed E-state index contributed by atoms with van der Waals surface area (Å²) in [5, 5.41) is 23.7. The molecule has 12 heteroatoms. The SMILES string of the molecule is Cc1ccc(C(=O)CCC(=O)N[C@@H](C)C(=O)C[C@H](C(=O)N[C@@H](CCC(=O)O)C(=O)C[C@H](C(=O)O)C(C)C)C(C)C)s1. The van der Waals surface area contributed by atoms with Gasteiger partial charge in [-0.15, -0.1) is 11.3 Å². The fourth-order valence-corrected chi connectivity index (χ4v) is 5.02. The molecular formula is C29H42N2O9S. The number of ketones is 3. The van der Waals surface area contributed by atoms with E-state index in [2.05, 4.69) is 10.6 Å². The van der Waals surface area contributed by atoms with Gasteiger partial charge in [-0.25, -0.2) is 0 Å². The topological polar surface area (TPSA) is 184 Å². The predicted octanol–water partition coefficient (Wildman–Crippen LogP) is 3.42. The van der Waals surface area contributed by atoms with Gasteiger partial charge in [0.05, 0.1) is 22.9 Å². The molecule has 0 aliphatic carbocycles. The second kappa shape index (κ2) is 16.8. The van der Waals surface area contributed by atoms with Gasteiger partial charge in [0, 0.05) is 42.9 Å². The minimum atomic E-state index is -1.22. The fraction of sp³-hybridized carbons (Fsp3) is 0.621. The second-order valence-electron chi connectivity index (χ2n) is 11.0. The van der Waals surface area contributed by atoms with E-state index in [1.54, 1.807) is 33.8 Å². The number of rotatable bonds is 19. The number of aliphatic carboxylic acids is 2. The number of amides is 2. The Morgan fingerprint density at radius 3 is 1.85 bits per heavy atom. The minimum Gasteiger partial charge on any atom is -0.481 e. The Bertz CT molecular complexity index is 1130. The van der Waals surface area contributed by atoms with Gasteiger partial charge in [-0.05, 0) is 44.2 Å². The molecule has 1 aromatic heterocycles. The molecule has 0 aliphatic rings. The van der Waals surface area contributed by atoms with Crippen molar-refractivity contribution in [2.45, 2.75) is 92.2 Å². The van der Waals surface area contributed by atoms with Crippen molar-refractivity contribution in [1.29, 1.82) is 0 Å². The highest BCUT2D eigenvalue weighted by Crippen LogP contribution is 2.21. The van der Waals surface area contributed by atoms with Crippen LogP contribution in [0.4, 0.5) is 0 Å². The maximum absolute atomic E-state index is 13.2. The number of carbonyl (C=O) groups is 7. The zero-order valence-corrected chi connectivity index (χ0v) is 25.3. The van der Waals surface area contributed by atoms with E-state index in [4.69, 9.17) is 5.11 Å². The van der Waals surface area contributed by atoms with Crippen molar-refractivity contribution in [2.75, 3.05) is 0 Å². The Hall–Kier alpha value is -3.41. The van der Waals surface area contributed by atoms with Gasteiger partial charge >= 0.3 is 11.9 Å². The monoisotopic (exact) mass is 594 g/mol. The molecule has 0 aromatic carbocycles. The fourth-order valence-electron chi connectivity index (χ4n) is 4.18. The first-order valence-corrected chi connectivity index (χ1v) is 14.5. The minimum absolute atomic E-state index is 0.00493. The Morgan fingerprint density at radius 1 is 0.780 bits per heavy atom. The standard InChI is InChI=1S/C29H42N2O9S/c1-15(2)19(13-23(33)18(6)30-26(35)11-9-22(32)25-10-7-17(5)41-25)28(38)31-21(8-12-27(36)37)24(34)14-20(16(3)4)29(39)40/h7,10,15-16,18-21H,8-9,11-14H2,1-6H3,(H,30,35)(H,31,38)(H,36,37)(H,39,40)/t18-,19-,20-,21-/m0/s1. The van der Waals surface area contributed by atoms with Crippen LogP contribution in [0, 0.1) is 30.6 Å². The van der Waals surface area contributed by atoms with Crippen LogP contribution in [-0.2, 0) is 28.8 Å². The van der Waals surface area contributed by atoms with Crippen LogP contribution in [0.1, 0.15) is 87.7 Å². The molecule has 4 atom stereocenters. The van der Waals surface area contributed by atoms with Gasteiger partial charge in [-0.3, -0.25) is 33.6 Å². The third kappa shape index (κ3) is 12.3. The third-order valence-electron chi connectivity index (χ3n) is 6.91. The molecule has 1 heterocycles. The summed E-state index contributed by atoms with van der Waals surface area (Å²) in [6, 6.07) is 1.38. The van der Waals surface area contributed by atoms with Gasteiger partial charge in [-0.2, -0.15) is 0 Å². The lowest BCUT2D eigenvalue weighted by Crippen LogP contribution is -2.47. The zero-order chi connectivity index (χ0) is 31.4. The van der Waals surface area contributed by atoms with Crippen LogP contribution >= 0.6 is 11.3 Å². The number of carboxylic acids is 2. The molecule has 2 amide bonds. The molecule has 0 saturated carbocycles. The molecule has 11 nitrogen and oxygen atoms in total. The Kier molecular flexibility index (Phi) is 14.6. The summed E-state index contributed by atoms with van der Waals surface area (Å²) in [4.78, 5) is 87.9. The second-order valence-corrected chi connectivity index (χ2v) is 12.3. The number of Topliss-reactive ketones (excluding diaryl/α,β-unsaturated/α-hetero) is 3. The van der Waals surface area contributed by atoms with Crippen LogP contribution in [0.15, 0.2) is 12.1 Å². The average Bonchev–Trinajstić information content (AvgIpc) is 3.31. The van der Waals surface area contributed by atoms with E-state index in [0.717, 1.165) is 4.88 Å². The van der Waals surface area contributed by atoms with Crippen molar-refractivity contribution in [1.82, 2.24) is 10.6 Å². The van der Waals surface area contributed by atoms with Crippen molar-refractivity contribution in [2.24, 2.45) is 23.7 Å². The first kappa shape index (κ1) is 35.6. The van der Waals surface area contributed by atoms with Gasteiger partial charge in [0.25, 0.3) is 0 Å². The number of nitrogens with one attached hydrogen (secondary N) is 2. The van der Waals surface area contributed by atoms with Crippen molar-refractivity contribution in [3.63, 3.8) is 0 Å². The maximum Gasteiger partial charge on any atom is 0.307 e. The van der Waals surface area contributed by atoms with Gasteiger partial charge in [-0.1, -0.05) is 27.7 Å². The summed E-state index contributed by atoms with van der Waals surface area (Å²) in [7, 11) is 0. The largest absolute Gasteiger partial charge is 0.481 e. The van der Waals surface area contributed by atoms with E-state index in [1.165, 1.54) is 18.3 Å². The van der Waals surface area contributed by atoms with Crippen molar-refractivity contribution >= 4 is 52.4 Å². The molecule has 228 valence electrons. The molecule has 0 radical (unpaired) electrons. The number of carboxylic acid groups (broad SMARTS) is 2. The van der Waals surface area contributed by atoms with Crippen molar-refractivity contribution in [3.05, 3.63) is 21.9 Å². The van der Waals surface area contributed by atoms with Crippen molar-refractivity contribution < 1.29 is 43.8 Å². The van der Waals surface area contributed by atoms with Crippen LogP contribution in [0.3, 0.4) is 0 Å². The molecule has 41 heavy (non-hydrogen) atoms. The Morgan fingerprint density at radius 2 is 1.37 bits per heavy atom. The summed E-state index contributed by atoms with van der Waals surface area (Å²) in [5.41, 5.74) is 0. The molecule has 1 rings (SSSR count). The quantitative estimate of drug-likeness (QED) is 0.174. The van der Waals surface area contributed by atoms with Gasteiger partial charge in [0.2, 0.25) is 11.8 Å². The molecule has 1 aromatic rings. The summed E-state index contributed by atoms with van der Waals surface area (Å²) in [6.45, 7) is 10.1. The summed E-state index contributed by atoms with van der Waals surface area (Å²) in [6.07, 6.45) is -1.36. The molecule has 0 unspecified atom stereocenters. The van der Waals surface area contributed by atoms with E-state index in [9.17, 15) is 38.7 Å². The number of carbonyl (C=O) groups excluding carboxylic acids is 5. The number of aryl methyl sites for hydroxylation is 1. The average molecular weight is 595 g/mol. The van der Waals surface area contributed by atoms with E-state index in [0.29, 0.717) is 4.88 Å². The van der Waals surface area contributed by atoms with Crippen LogP contribution < -0.4 is 10.6 Å². The highest BCUT2D eigenvalue weighted by molar-refractivity contribution is 7.14. The van der Waals surface area contributed by atoms with Gasteiger partial charge in [0.1, 0.15) is 0 Å². The molecule has 0 saturated heterocycles. The third-order valence-corrected chi connectivity index (χ3v) is 7.95.